The van der Waals surface area contributed by atoms with Crippen LogP contribution in [0.15, 0.2) is 46.9 Å². The summed E-state index contributed by atoms with van der Waals surface area (Å²) in [4.78, 5) is 23.7. The van der Waals surface area contributed by atoms with Crippen molar-refractivity contribution >= 4 is 33.3 Å². The molecule has 0 heterocycles. The van der Waals surface area contributed by atoms with E-state index in [1.807, 2.05) is 0 Å². The zero-order valence-electron chi connectivity index (χ0n) is 12.3. The maximum absolute atomic E-state index is 12.6. The molecule has 0 unspecified atom stereocenters. The number of amides is 1. The number of benzene rings is 2. The maximum Gasteiger partial charge on any atom is 0.471 e. The van der Waals surface area contributed by atoms with Gasteiger partial charge in [0.25, 0.3) is 0 Å². The van der Waals surface area contributed by atoms with Crippen molar-refractivity contribution in [1.82, 2.24) is 0 Å². The minimum atomic E-state index is -5.05. The van der Waals surface area contributed by atoms with E-state index in [0.717, 1.165) is 0 Å². The minimum Gasteiger partial charge on any atom is -0.497 e. The molecule has 1 N–H and O–H groups in total. The minimum absolute atomic E-state index is 0.0628. The Labute approximate surface area is 143 Å². The number of rotatable bonds is 4. The third-order valence-corrected chi connectivity index (χ3v) is 3.58. The lowest BCUT2D eigenvalue weighted by Crippen LogP contribution is -2.30. The summed E-state index contributed by atoms with van der Waals surface area (Å²) in [6, 6.07) is 10.1. The zero-order valence-corrected chi connectivity index (χ0v) is 13.9. The second kappa shape index (κ2) is 7.04. The van der Waals surface area contributed by atoms with E-state index >= 15 is 0 Å². The van der Waals surface area contributed by atoms with E-state index in [4.69, 9.17) is 4.74 Å². The average molecular weight is 402 g/mol. The van der Waals surface area contributed by atoms with E-state index in [0.29, 0.717) is 10.2 Å². The monoisotopic (exact) mass is 401 g/mol. The molecule has 2 rings (SSSR count). The van der Waals surface area contributed by atoms with Gasteiger partial charge in [0.15, 0.2) is 5.78 Å². The van der Waals surface area contributed by atoms with Crippen LogP contribution in [0.3, 0.4) is 0 Å². The van der Waals surface area contributed by atoms with Crippen molar-refractivity contribution in [3.05, 3.63) is 58.1 Å². The van der Waals surface area contributed by atoms with Crippen LogP contribution < -0.4 is 10.1 Å². The number of nitrogens with one attached hydrogen (secondary N) is 1. The molecule has 0 bridgehead atoms. The molecule has 0 radical (unpaired) electrons. The third-order valence-electron chi connectivity index (χ3n) is 3.08. The summed E-state index contributed by atoms with van der Waals surface area (Å²) in [6.07, 6.45) is -5.05. The first-order valence-corrected chi connectivity index (χ1v) is 7.38. The molecule has 0 fully saturated rings. The molecule has 1 amide bonds. The quantitative estimate of drug-likeness (QED) is 0.781. The van der Waals surface area contributed by atoms with E-state index in [1.54, 1.807) is 17.4 Å². The number of ether oxygens (including phenoxy) is 1. The van der Waals surface area contributed by atoms with Crippen molar-refractivity contribution in [3.8, 4) is 5.75 Å². The van der Waals surface area contributed by atoms with Gasteiger partial charge in [0.2, 0.25) is 0 Å². The Morgan fingerprint density at radius 3 is 2.25 bits per heavy atom. The van der Waals surface area contributed by atoms with Gasteiger partial charge in [0, 0.05) is 15.6 Å². The van der Waals surface area contributed by atoms with Crippen molar-refractivity contribution in [3.63, 3.8) is 0 Å². The second-order valence-electron chi connectivity index (χ2n) is 4.70. The second-order valence-corrected chi connectivity index (χ2v) is 5.62. The van der Waals surface area contributed by atoms with Crippen molar-refractivity contribution in [2.24, 2.45) is 0 Å². The summed E-state index contributed by atoms with van der Waals surface area (Å²) in [7, 11) is 1.47. The van der Waals surface area contributed by atoms with E-state index in [9.17, 15) is 22.8 Å². The molecule has 0 spiro atoms. The number of alkyl halides is 3. The van der Waals surface area contributed by atoms with E-state index in [1.165, 1.54) is 37.4 Å². The number of methoxy groups -OCH3 is 1. The van der Waals surface area contributed by atoms with Gasteiger partial charge in [-0.05, 0) is 42.5 Å². The Morgan fingerprint density at radius 1 is 1.08 bits per heavy atom. The van der Waals surface area contributed by atoms with Gasteiger partial charge in [-0.25, -0.2) is 0 Å². The predicted octanol–water partition coefficient (Wildman–Crippen LogP) is 4.19. The zero-order chi connectivity index (χ0) is 17.9. The molecule has 0 atom stereocenters. The molecule has 8 heteroatoms. The van der Waals surface area contributed by atoms with Crippen LogP contribution in [0.1, 0.15) is 15.9 Å². The Hall–Kier alpha value is -2.35. The Balaban J connectivity index is 2.39. The van der Waals surface area contributed by atoms with Gasteiger partial charge in [0.1, 0.15) is 5.75 Å². The number of carbonyl (C=O) groups is 2. The van der Waals surface area contributed by atoms with Gasteiger partial charge in [-0.15, -0.1) is 0 Å². The molecule has 0 saturated carbocycles. The Morgan fingerprint density at radius 2 is 1.71 bits per heavy atom. The molecule has 126 valence electrons. The fourth-order valence-corrected chi connectivity index (χ4v) is 2.27. The van der Waals surface area contributed by atoms with E-state index < -0.39 is 17.9 Å². The topological polar surface area (TPSA) is 55.4 Å². The molecule has 0 aliphatic carbocycles. The molecule has 0 aliphatic heterocycles. The lowest BCUT2D eigenvalue weighted by molar-refractivity contribution is -0.167. The highest BCUT2D eigenvalue weighted by atomic mass is 79.9. The van der Waals surface area contributed by atoms with Crippen LogP contribution in [0.4, 0.5) is 18.9 Å². The summed E-state index contributed by atoms with van der Waals surface area (Å²) in [5.41, 5.74) is -0.0371. The molecular formula is C16H11BrF3NO3. The largest absolute Gasteiger partial charge is 0.497 e. The van der Waals surface area contributed by atoms with Crippen LogP contribution in [0.25, 0.3) is 0 Å². The summed E-state index contributed by atoms with van der Waals surface area (Å²) in [5.74, 6) is -2.14. The molecule has 4 nitrogen and oxygen atoms in total. The highest BCUT2D eigenvalue weighted by Crippen LogP contribution is 2.26. The van der Waals surface area contributed by atoms with Gasteiger partial charge in [-0.1, -0.05) is 15.9 Å². The SMILES string of the molecule is COc1ccc(C(=O)c2cc(Br)ccc2NC(=O)C(F)(F)F)cc1. The van der Waals surface area contributed by atoms with Crippen LogP contribution in [-0.2, 0) is 4.79 Å². The number of carbonyl (C=O) groups excluding carboxylic acids is 2. The number of anilines is 1. The highest BCUT2D eigenvalue weighted by molar-refractivity contribution is 9.10. The van der Waals surface area contributed by atoms with Crippen molar-refractivity contribution in [2.75, 3.05) is 12.4 Å². The van der Waals surface area contributed by atoms with E-state index in [2.05, 4.69) is 15.9 Å². The lowest BCUT2D eigenvalue weighted by atomic mass is 10.0. The summed E-state index contributed by atoms with van der Waals surface area (Å²) >= 11 is 3.16. The molecule has 0 saturated heterocycles. The number of hydrogen-bond acceptors (Lipinski definition) is 3. The first-order chi connectivity index (χ1) is 11.2. The number of hydrogen-bond donors (Lipinski definition) is 1. The standard InChI is InChI=1S/C16H11BrF3NO3/c1-24-11-5-2-9(3-6-11)14(22)12-8-10(17)4-7-13(12)21-15(23)16(18,19)20/h2-8H,1H3,(H,21,23). The van der Waals surface area contributed by atoms with Crippen LogP contribution in [-0.4, -0.2) is 25.0 Å². The highest BCUT2D eigenvalue weighted by Gasteiger charge is 2.39. The van der Waals surface area contributed by atoms with Crippen LogP contribution in [0.2, 0.25) is 0 Å². The molecule has 0 aliphatic rings. The van der Waals surface area contributed by atoms with Crippen molar-refractivity contribution < 1.29 is 27.5 Å². The molecule has 24 heavy (non-hydrogen) atoms. The third kappa shape index (κ3) is 4.14. The lowest BCUT2D eigenvalue weighted by Gasteiger charge is -2.12. The Kier molecular flexibility index (Phi) is 5.28. The maximum atomic E-state index is 12.6. The molecule has 0 aromatic heterocycles. The summed E-state index contributed by atoms with van der Waals surface area (Å²) in [5, 5.41) is 1.72. The molecule has 2 aromatic rings. The van der Waals surface area contributed by atoms with Crippen LogP contribution in [0, 0.1) is 0 Å². The molecular weight excluding hydrogens is 391 g/mol. The van der Waals surface area contributed by atoms with Crippen LogP contribution in [0.5, 0.6) is 5.75 Å². The van der Waals surface area contributed by atoms with Crippen molar-refractivity contribution in [1.29, 1.82) is 0 Å². The van der Waals surface area contributed by atoms with Gasteiger partial charge in [-0.2, -0.15) is 13.2 Å². The van der Waals surface area contributed by atoms with Gasteiger partial charge in [-0.3, -0.25) is 9.59 Å². The van der Waals surface area contributed by atoms with Gasteiger partial charge in [0.05, 0.1) is 12.8 Å². The predicted molar refractivity (Wildman–Crippen MR) is 85.3 cm³/mol. The van der Waals surface area contributed by atoms with Crippen LogP contribution >= 0.6 is 15.9 Å². The fraction of sp³-hybridized carbons (Fsp3) is 0.125. The van der Waals surface area contributed by atoms with Gasteiger partial charge >= 0.3 is 12.1 Å². The first-order valence-electron chi connectivity index (χ1n) is 6.59. The summed E-state index contributed by atoms with van der Waals surface area (Å²) < 4.78 is 42.8. The first kappa shape index (κ1) is 18.0. The average Bonchev–Trinajstić information content (AvgIpc) is 2.55. The fourth-order valence-electron chi connectivity index (χ4n) is 1.90. The number of halogens is 4. The molecule has 2 aromatic carbocycles. The summed E-state index contributed by atoms with van der Waals surface area (Å²) in [6.45, 7) is 0. The van der Waals surface area contributed by atoms with Gasteiger partial charge < -0.3 is 10.1 Å². The Bertz CT molecular complexity index is 773. The number of ketones is 1. The van der Waals surface area contributed by atoms with Crippen molar-refractivity contribution in [2.45, 2.75) is 6.18 Å². The van der Waals surface area contributed by atoms with E-state index in [-0.39, 0.29) is 16.8 Å². The normalized spacial score (nSPS) is 11.0. The smallest absolute Gasteiger partial charge is 0.471 e.